The maximum atomic E-state index is 11.6. The number of carbonyl (C=O) groups excluding carboxylic acids is 1. The molecule has 0 aromatic heterocycles. The third kappa shape index (κ3) is 3.55. The van der Waals surface area contributed by atoms with Crippen molar-refractivity contribution >= 4 is 40.1 Å². The standard InChI is InChI=1S/C13H16ClIN2O3/c1-16-13(19)10-7-17(4-5-20-10)6-8-2-3-9(14)11(15)12(8)18/h2-3,10,18H,4-7H2,1H3,(H,16,19). The number of phenolic OH excluding ortho intramolecular Hbond substituents is 1. The lowest BCUT2D eigenvalue weighted by molar-refractivity contribution is -0.138. The van der Waals surface area contributed by atoms with Crippen LogP contribution in [0, 0.1) is 3.57 Å². The van der Waals surface area contributed by atoms with Gasteiger partial charge in [0.15, 0.2) is 0 Å². The Kier molecular flexibility index (Phi) is 5.48. The fourth-order valence-electron chi connectivity index (χ4n) is 2.11. The first kappa shape index (κ1) is 15.8. The molecule has 0 saturated carbocycles. The van der Waals surface area contributed by atoms with E-state index >= 15 is 0 Å². The summed E-state index contributed by atoms with van der Waals surface area (Å²) in [4.78, 5) is 13.7. The Balaban J connectivity index is 2.06. The minimum absolute atomic E-state index is 0.121. The fraction of sp³-hybridized carbons (Fsp3) is 0.462. The monoisotopic (exact) mass is 410 g/mol. The molecule has 1 heterocycles. The van der Waals surface area contributed by atoms with Gasteiger partial charge in [0.25, 0.3) is 0 Å². The molecule has 1 saturated heterocycles. The first-order chi connectivity index (χ1) is 9.52. The highest BCUT2D eigenvalue weighted by Gasteiger charge is 2.26. The molecule has 7 heteroatoms. The molecule has 1 aliphatic rings. The molecule has 1 amide bonds. The van der Waals surface area contributed by atoms with E-state index in [1.54, 1.807) is 13.1 Å². The molecule has 20 heavy (non-hydrogen) atoms. The van der Waals surface area contributed by atoms with E-state index in [0.717, 1.165) is 12.1 Å². The van der Waals surface area contributed by atoms with Crippen LogP contribution in [0.2, 0.25) is 5.02 Å². The lowest BCUT2D eigenvalue weighted by Crippen LogP contribution is -2.48. The van der Waals surface area contributed by atoms with E-state index in [-0.39, 0.29) is 11.7 Å². The third-order valence-corrected chi connectivity index (χ3v) is 4.96. The van der Waals surface area contributed by atoms with Crippen molar-refractivity contribution < 1.29 is 14.6 Å². The zero-order valence-corrected chi connectivity index (χ0v) is 13.9. The molecule has 1 aromatic carbocycles. The van der Waals surface area contributed by atoms with Gasteiger partial charge in [-0.2, -0.15) is 0 Å². The molecule has 0 radical (unpaired) electrons. The number of hydrogen-bond acceptors (Lipinski definition) is 4. The summed E-state index contributed by atoms with van der Waals surface area (Å²) >= 11 is 7.98. The number of carbonyl (C=O) groups is 1. The van der Waals surface area contributed by atoms with Crippen LogP contribution in [0.15, 0.2) is 12.1 Å². The first-order valence-corrected chi connectivity index (χ1v) is 7.70. The number of likely N-dealkylation sites (N-methyl/N-ethyl adjacent to an activating group) is 1. The van der Waals surface area contributed by atoms with Gasteiger partial charge in [-0.1, -0.05) is 17.7 Å². The van der Waals surface area contributed by atoms with E-state index in [9.17, 15) is 9.90 Å². The molecule has 1 aliphatic heterocycles. The highest BCUT2D eigenvalue weighted by Crippen LogP contribution is 2.31. The van der Waals surface area contributed by atoms with Crippen LogP contribution in [0.5, 0.6) is 5.75 Å². The Bertz CT molecular complexity index is 513. The number of nitrogens with zero attached hydrogens (tertiary/aromatic N) is 1. The van der Waals surface area contributed by atoms with E-state index in [0.29, 0.717) is 28.3 Å². The molecule has 1 unspecified atom stereocenters. The van der Waals surface area contributed by atoms with E-state index < -0.39 is 6.10 Å². The molecular weight excluding hydrogens is 395 g/mol. The van der Waals surface area contributed by atoms with Gasteiger partial charge in [-0.3, -0.25) is 9.69 Å². The van der Waals surface area contributed by atoms with E-state index in [1.807, 2.05) is 28.7 Å². The zero-order chi connectivity index (χ0) is 14.7. The van der Waals surface area contributed by atoms with Crippen molar-refractivity contribution in [2.45, 2.75) is 12.6 Å². The second-order valence-electron chi connectivity index (χ2n) is 4.58. The SMILES string of the molecule is CNC(=O)C1CN(Cc2ccc(Cl)c(I)c2O)CCO1. The Morgan fingerprint density at radius 2 is 2.40 bits per heavy atom. The molecule has 0 bridgehead atoms. The summed E-state index contributed by atoms with van der Waals surface area (Å²) in [6.07, 6.45) is -0.456. The summed E-state index contributed by atoms with van der Waals surface area (Å²) in [5, 5.41) is 13.2. The molecule has 0 aliphatic carbocycles. The lowest BCUT2D eigenvalue weighted by atomic mass is 10.1. The Morgan fingerprint density at radius 3 is 3.10 bits per heavy atom. The largest absolute Gasteiger partial charge is 0.506 e. The molecule has 1 atom stereocenters. The van der Waals surface area contributed by atoms with Crippen molar-refractivity contribution in [3.8, 4) is 5.75 Å². The van der Waals surface area contributed by atoms with Gasteiger partial charge in [-0.05, 0) is 28.7 Å². The summed E-state index contributed by atoms with van der Waals surface area (Å²) in [6.45, 7) is 2.31. The summed E-state index contributed by atoms with van der Waals surface area (Å²) < 4.78 is 6.08. The van der Waals surface area contributed by atoms with Crippen LogP contribution in [-0.4, -0.2) is 48.8 Å². The smallest absolute Gasteiger partial charge is 0.250 e. The number of hydrogen-bond donors (Lipinski definition) is 2. The summed E-state index contributed by atoms with van der Waals surface area (Å²) in [7, 11) is 1.60. The van der Waals surface area contributed by atoms with Crippen molar-refractivity contribution in [1.29, 1.82) is 0 Å². The predicted octanol–water partition coefficient (Wildman–Crippen LogP) is 1.60. The summed E-state index contributed by atoms with van der Waals surface area (Å²) in [6, 6.07) is 3.58. The normalized spacial score (nSPS) is 19.9. The molecule has 1 fully saturated rings. The number of nitrogens with one attached hydrogen (secondary N) is 1. The Labute approximate surface area is 136 Å². The maximum Gasteiger partial charge on any atom is 0.250 e. The van der Waals surface area contributed by atoms with Crippen LogP contribution in [-0.2, 0) is 16.1 Å². The minimum Gasteiger partial charge on any atom is -0.506 e. The second-order valence-corrected chi connectivity index (χ2v) is 6.06. The minimum atomic E-state index is -0.456. The van der Waals surface area contributed by atoms with Gasteiger partial charge in [0.05, 0.1) is 15.2 Å². The summed E-state index contributed by atoms with van der Waals surface area (Å²) in [5.41, 5.74) is 0.802. The van der Waals surface area contributed by atoms with Crippen LogP contribution in [0.4, 0.5) is 0 Å². The molecular formula is C13H16ClIN2O3. The Hall–Kier alpha value is -0.570. The fourth-order valence-corrected chi connectivity index (χ4v) is 2.79. The predicted molar refractivity (Wildman–Crippen MR) is 84.9 cm³/mol. The van der Waals surface area contributed by atoms with Crippen molar-refractivity contribution in [2.24, 2.45) is 0 Å². The number of halogens is 2. The number of phenols is 1. The molecule has 2 N–H and O–H groups in total. The molecule has 0 spiro atoms. The van der Waals surface area contributed by atoms with Crippen molar-refractivity contribution in [2.75, 3.05) is 26.7 Å². The van der Waals surface area contributed by atoms with Gasteiger partial charge in [-0.25, -0.2) is 0 Å². The number of benzene rings is 1. The number of amides is 1. The van der Waals surface area contributed by atoms with Gasteiger partial charge >= 0.3 is 0 Å². The maximum absolute atomic E-state index is 11.6. The van der Waals surface area contributed by atoms with E-state index in [2.05, 4.69) is 10.2 Å². The zero-order valence-electron chi connectivity index (χ0n) is 11.0. The van der Waals surface area contributed by atoms with Gasteiger partial charge in [-0.15, -0.1) is 0 Å². The highest BCUT2D eigenvalue weighted by molar-refractivity contribution is 14.1. The first-order valence-electron chi connectivity index (χ1n) is 6.24. The number of aromatic hydroxyl groups is 1. The van der Waals surface area contributed by atoms with E-state index in [1.165, 1.54) is 0 Å². The molecule has 5 nitrogen and oxygen atoms in total. The van der Waals surface area contributed by atoms with Crippen LogP contribution in [0.1, 0.15) is 5.56 Å². The van der Waals surface area contributed by atoms with E-state index in [4.69, 9.17) is 16.3 Å². The van der Waals surface area contributed by atoms with Gasteiger partial charge in [0, 0.05) is 32.2 Å². The number of morpholine rings is 1. The van der Waals surface area contributed by atoms with Crippen molar-refractivity contribution in [3.63, 3.8) is 0 Å². The average molecular weight is 411 g/mol. The molecule has 110 valence electrons. The number of ether oxygens (including phenoxy) is 1. The highest BCUT2D eigenvalue weighted by atomic mass is 127. The van der Waals surface area contributed by atoms with Gasteiger partial charge in [0.2, 0.25) is 5.91 Å². The van der Waals surface area contributed by atoms with Gasteiger partial charge in [0.1, 0.15) is 11.9 Å². The van der Waals surface area contributed by atoms with Crippen LogP contribution in [0.3, 0.4) is 0 Å². The molecule has 1 aromatic rings. The van der Waals surface area contributed by atoms with Crippen LogP contribution < -0.4 is 5.32 Å². The van der Waals surface area contributed by atoms with Crippen LogP contribution >= 0.6 is 34.2 Å². The molecule has 2 rings (SSSR count). The Morgan fingerprint density at radius 1 is 1.65 bits per heavy atom. The van der Waals surface area contributed by atoms with Gasteiger partial charge < -0.3 is 15.2 Å². The van der Waals surface area contributed by atoms with Crippen molar-refractivity contribution in [1.82, 2.24) is 10.2 Å². The summed E-state index contributed by atoms with van der Waals surface area (Å²) in [5.74, 6) is 0.0886. The third-order valence-electron chi connectivity index (χ3n) is 3.24. The van der Waals surface area contributed by atoms with Crippen molar-refractivity contribution in [3.05, 3.63) is 26.3 Å². The quantitative estimate of drug-likeness (QED) is 0.743. The lowest BCUT2D eigenvalue weighted by Gasteiger charge is -2.32. The van der Waals surface area contributed by atoms with Crippen LogP contribution in [0.25, 0.3) is 0 Å². The topological polar surface area (TPSA) is 61.8 Å². The number of rotatable bonds is 3. The average Bonchev–Trinajstić information content (AvgIpc) is 2.47. The second kappa shape index (κ2) is 6.93.